The molecule has 10 nitrogen and oxygen atoms in total. The summed E-state index contributed by atoms with van der Waals surface area (Å²) in [5.74, 6) is 0.0831. The molecular formula is C29H54N5O5P. The molecule has 0 aromatic carbocycles. The summed E-state index contributed by atoms with van der Waals surface area (Å²) in [6.45, 7) is 6.09. The number of hydrogen-bond acceptors (Lipinski definition) is 8. The van der Waals surface area contributed by atoms with E-state index in [1.165, 1.54) is 77.0 Å². The number of nitrogens with zero attached hydrogens (tertiary/aromatic N) is 1. The van der Waals surface area contributed by atoms with E-state index in [2.05, 4.69) is 27.2 Å². The fourth-order valence-corrected chi connectivity index (χ4v) is 6.28. The van der Waals surface area contributed by atoms with Crippen molar-refractivity contribution < 1.29 is 18.3 Å². The second-order valence-corrected chi connectivity index (χ2v) is 12.7. The molecule has 0 bridgehead atoms. The Morgan fingerprint density at radius 3 is 2.15 bits per heavy atom. The summed E-state index contributed by atoms with van der Waals surface area (Å²) < 4.78 is 29.6. The largest absolute Gasteiger partial charge is 0.369 e. The van der Waals surface area contributed by atoms with Crippen molar-refractivity contribution in [3.63, 3.8) is 0 Å². The number of H-pyrrole nitrogens is 2. The van der Waals surface area contributed by atoms with E-state index >= 15 is 0 Å². The maximum Gasteiger partial charge on any atom is 0.332 e. The Hall–Kier alpha value is -1.71. The number of nitrogen functional groups attached to an aromatic ring is 1. The number of nitrogens with one attached hydrogen (secondary N) is 3. The molecule has 40 heavy (non-hydrogen) atoms. The first-order valence-corrected chi connectivity index (χ1v) is 17.2. The summed E-state index contributed by atoms with van der Waals surface area (Å²) in [4.78, 5) is 21.5. The van der Waals surface area contributed by atoms with Crippen LogP contribution in [-0.2, 0) is 24.9 Å². The molecule has 230 valence electrons. The van der Waals surface area contributed by atoms with Crippen LogP contribution < -0.4 is 16.6 Å². The maximum atomic E-state index is 13.0. The maximum absolute atomic E-state index is 13.0. The average Bonchev–Trinajstić information content (AvgIpc) is 3.33. The molecule has 1 atom stereocenters. The van der Waals surface area contributed by atoms with Crippen molar-refractivity contribution in [1.82, 2.24) is 20.3 Å². The lowest BCUT2D eigenvalue weighted by molar-refractivity contribution is 0.00379. The first kappa shape index (κ1) is 34.5. The standard InChI is InChI=1S/C29H54N5O5P/c1-3-5-6-7-8-9-10-11-12-13-14-15-16-17-20-37-24-39-40(36,38-4-2)21-18-19-31-22-25-23-32-27-26(25)33-29(30)34-28(27)35/h23,31-32H,3-22,24H2,1-2H3,(H3,30,33,34,35). The normalized spacial score (nSPS) is 13.2. The quantitative estimate of drug-likeness (QED) is 0.0526. The van der Waals surface area contributed by atoms with E-state index in [0.29, 0.717) is 49.9 Å². The number of hydrogen-bond donors (Lipinski definition) is 4. The van der Waals surface area contributed by atoms with E-state index < -0.39 is 7.60 Å². The van der Waals surface area contributed by atoms with Crippen LogP contribution in [0.2, 0.25) is 0 Å². The summed E-state index contributed by atoms with van der Waals surface area (Å²) in [7, 11) is -3.21. The van der Waals surface area contributed by atoms with Gasteiger partial charge in [-0.1, -0.05) is 90.4 Å². The molecule has 1 unspecified atom stereocenters. The zero-order valence-electron chi connectivity index (χ0n) is 24.9. The molecule has 11 heteroatoms. The van der Waals surface area contributed by atoms with Gasteiger partial charge in [0.25, 0.3) is 5.56 Å². The Morgan fingerprint density at radius 2 is 1.52 bits per heavy atom. The van der Waals surface area contributed by atoms with Gasteiger partial charge in [-0.25, -0.2) is 4.98 Å². The topological polar surface area (TPSA) is 144 Å². The van der Waals surface area contributed by atoms with Gasteiger partial charge in [-0.15, -0.1) is 0 Å². The van der Waals surface area contributed by atoms with Crippen molar-refractivity contribution in [2.24, 2.45) is 0 Å². The van der Waals surface area contributed by atoms with Crippen molar-refractivity contribution in [2.75, 3.05) is 38.4 Å². The second kappa shape index (κ2) is 21.1. The lowest BCUT2D eigenvalue weighted by Crippen LogP contribution is -2.17. The molecule has 0 aliphatic carbocycles. The molecule has 0 fully saturated rings. The monoisotopic (exact) mass is 583 g/mol. The number of fused-ring (bicyclic) bond motifs is 1. The summed E-state index contributed by atoms with van der Waals surface area (Å²) in [6.07, 6.45) is 21.1. The number of anilines is 1. The minimum atomic E-state index is -3.21. The minimum Gasteiger partial charge on any atom is -0.369 e. The van der Waals surface area contributed by atoms with Gasteiger partial charge >= 0.3 is 7.60 Å². The lowest BCUT2D eigenvalue weighted by atomic mass is 10.0. The summed E-state index contributed by atoms with van der Waals surface area (Å²) in [6, 6.07) is 0. The van der Waals surface area contributed by atoms with Crippen molar-refractivity contribution in [2.45, 2.75) is 117 Å². The van der Waals surface area contributed by atoms with Crippen molar-refractivity contribution >= 4 is 24.6 Å². The highest BCUT2D eigenvalue weighted by Crippen LogP contribution is 2.48. The Morgan fingerprint density at radius 1 is 0.900 bits per heavy atom. The third-order valence-corrected chi connectivity index (χ3v) is 9.05. The Kier molecular flexibility index (Phi) is 18.2. The third-order valence-electron chi connectivity index (χ3n) is 7.03. The molecule has 0 spiro atoms. The SMILES string of the molecule is CCCCCCCCCCCCCCCCOCOP(=O)(CCCNCc1c[nH]c2c(=O)[nH]c(N)nc12)OCC. The number of unbranched alkanes of at least 4 members (excludes halogenated alkanes) is 13. The molecule has 0 amide bonds. The first-order valence-electron chi connectivity index (χ1n) is 15.5. The van der Waals surface area contributed by atoms with E-state index in [9.17, 15) is 9.36 Å². The van der Waals surface area contributed by atoms with Crippen LogP contribution in [-0.4, -0.2) is 47.7 Å². The van der Waals surface area contributed by atoms with Gasteiger partial charge in [-0.05, 0) is 26.3 Å². The molecular weight excluding hydrogens is 529 g/mol. The van der Waals surface area contributed by atoms with Gasteiger partial charge in [0.2, 0.25) is 5.95 Å². The molecule has 2 heterocycles. The molecule has 0 aliphatic rings. The molecule has 0 radical (unpaired) electrons. The van der Waals surface area contributed by atoms with Crippen LogP contribution in [0.4, 0.5) is 5.95 Å². The van der Waals surface area contributed by atoms with Crippen LogP contribution >= 0.6 is 7.60 Å². The number of ether oxygens (including phenoxy) is 1. The summed E-state index contributed by atoms with van der Waals surface area (Å²) >= 11 is 0. The van der Waals surface area contributed by atoms with E-state index in [0.717, 1.165) is 18.4 Å². The number of aromatic amines is 2. The Labute approximate surface area is 240 Å². The second-order valence-electron chi connectivity index (χ2n) is 10.5. The zero-order chi connectivity index (χ0) is 28.9. The van der Waals surface area contributed by atoms with Gasteiger partial charge in [-0.3, -0.25) is 18.9 Å². The van der Waals surface area contributed by atoms with E-state index in [4.69, 9.17) is 19.5 Å². The molecule has 0 saturated heterocycles. The van der Waals surface area contributed by atoms with Gasteiger partial charge in [0.1, 0.15) is 11.0 Å². The number of aromatic nitrogens is 3. The number of rotatable bonds is 26. The fourth-order valence-electron chi connectivity index (χ4n) is 4.78. The lowest BCUT2D eigenvalue weighted by Gasteiger charge is -2.18. The van der Waals surface area contributed by atoms with Crippen molar-refractivity contribution in [3.05, 3.63) is 22.1 Å². The van der Waals surface area contributed by atoms with Crippen LogP contribution in [0, 0.1) is 0 Å². The van der Waals surface area contributed by atoms with Crippen LogP contribution in [0.25, 0.3) is 11.0 Å². The predicted octanol–water partition coefficient (Wildman–Crippen LogP) is 7.01. The molecule has 0 saturated carbocycles. The van der Waals surface area contributed by atoms with Crippen LogP contribution in [0.1, 0.15) is 116 Å². The Bertz CT molecular complexity index is 1030. The minimum absolute atomic E-state index is 0.0138. The van der Waals surface area contributed by atoms with E-state index in [-0.39, 0.29) is 18.3 Å². The third kappa shape index (κ3) is 14.3. The molecule has 2 aromatic heterocycles. The predicted molar refractivity (Wildman–Crippen MR) is 164 cm³/mol. The van der Waals surface area contributed by atoms with Gasteiger partial charge in [0.15, 0.2) is 6.79 Å². The fraction of sp³-hybridized carbons (Fsp3) is 0.793. The highest BCUT2D eigenvalue weighted by atomic mass is 31.2. The van der Waals surface area contributed by atoms with Crippen molar-refractivity contribution in [3.8, 4) is 0 Å². The zero-order valence-corrected chi connectivity index (χ0v) is 25.8. The van der Waals surface area contributed by atoms with Gasteiger partial charge in [0.05, 0.1) is 12.8 Å². The molecule has 2 aromatic rings. The smallest absolute Gasteiger partial charge is 0.332 e. The summed E-state index contributed by atoms with van der Waals surface area (Å²) in [5, 5.41) is 3.28. The number of nitrogens with two attached hydrogens (primary N) is 1. The molecule has 2 rings (SSSR count). The van der Waals surface area contributed by atoms with Crippen LogP contribution in [0.5, 0.6) is 0 Å². The van der Waals surface area contributed by atoms with Gasteiger partial charge < -0.3 is 25.3 Å². The Balaban J connectivity index is 1.46. The molecule has 5 N–H and O–H groups in total. The van der Waals surface area contributed by atoms with Crippen LogP contribution in [0.3, 0.4) is 0 Å². The first-order chi connectivity index (χ1) is 19.5. The average molecular weight is 584 g/mol. The van der Waals surface area contributed by atoms with Crippen molar-refractivity contribution in [1.29, 1.82) is 0 Å². The highest BCUT2D eigenvalue weighted by Gasteiger charge is 2.23. The highest BCUT2D eigenvalue weighted by molar-refractivity contribution is 7.53. The van der Waals surface area contributed by atoms with E-state index in [1.54, 1.807) is 13.1 Å². The summed E-state index contributed by atoms with van der Waals surface area (Å²) in [5.41, 5.74) is 7.15. The van der Waals surface area contributed by atoms with E-state index in [1.807, 2.05) is 0 Å². The van der Waals surface area contributed by atoms with Crippen LogP contribution in [0.15, 0.2) is 11.0 Å². The van der Waals surface area contributed by atoms with Gasteiger partial charge in [0, 0.05) is 24.9 Å². The van der Waals surface area contributed by atoms with Gasteiger partial charge in [-0.2, -0.15) is 0 Å². The molecule has 0 aliphatic heterocycles.